The van der Waals surface area contributed by atoms with Crippen LogP contribution in [-0.4, -0.2) is 16.6 Å². The van der Waals surface area contributed by atoms with Gasteiger partial charge in [0.1, 0.15) is 5.75 Å². The van der Waals surface area contributed by atoms with Gasteiger partial charge >= 0.3 is 0 Å². The van der Waals surface area contributed by atoms with Crippen molar-refractivity contribution < 1.29 is 4.74 Å². The zero-order valence-electron chi connectivity index (χ0n) is 21.0. The van der Waals surface area contributed by atoms with Crippen molar-refractivity contribution in [1.82, 2.24) is 9.97 Å². The Labute approximate surface area is 197 Å². The highest BCUT2D eigenvalue weighted by Crippen LogP contribution is 2.20. The van der Waals surface area contributed by atoms with Crippen LogP contribution in [0.2, 0.25) is 0 Å². The molecule has 0 unspecified atom stereocenters. The van der Waals surface area contributed by atoms with E-state index in [0.29, 0.717) is 0 Å². The van der Waals surface area contributed by atoms with Gasteiger partial charge in [0.25, 0.3) is 0 Å². The van der Waals surface area contributed by atoms with Crippen molar-refractivity contribution in [2.24, 2.45) is 5.92 Å². The van der Waals surface area contributed by atoms with Gasteiger partial charge in [-0.25, -0.2) is 9.97 Å². The molecule has 0 atom stereocenters. The Kier molecular flexibility index (Phi) is 13.7. The van der Waals surface area contributed by atoms with Crippen LogP contribution in [0.3, 0.4) is 0 Å². The summed E-state index contributed by atoms with van der Waals surface area (Å²) in [6.45, 7) is 7.68. The van der Waals surface area contributed by atoms with E-state index in [4.69, 9.17) is 4.74 Å². The lowest BCUT2D eigenvalue weighted by Crippen LogP contribution is -1.98. The minimum Gasteiger partial charge on any atom is -0.494 e. The van der Waals surface area contributed by atoms with E-state index in [9.17, 15) is 0 Å². The SMILES string of the molecule is CCCCCCCCc1cnc(-c2ccc(OCCCCCCCCC(C)C)cc2)nc1. The Hall–Kier alpha value is -1.90. The van der Waals surface area contributed by atoms with Crippen LogP contribution in [-0.2, 0) is 6.42 Å². The fourth-order valence-electron chi connectivity index (χ4n) is 3.99. The minimum absolute atomic E-state index is 0.792. The van der Waals surface area contributed by atoms with Gasteiger partial charge in [0.05, 0.1) is 6.61 Å². The third-order valence-electron chi connectivity index (χ3n) is 6.08. The average molecular weight is 439 g/mol. The minimum atomic E-state index is 0.792. The molecular weight excluding hydrogens is 392 g/mol. The summed E-state index contributed by atoms with van der Waals surface area (Å²) in [5, 5.41) is 0. The van der Waals surface area contributed by atoms with Crippen LogP contribution in [0.1, 0.15) is 110 Å². The van der Waals surface area contributed by atoms with E-state index in [0.717, 1.165) is 42.5 Å². The van der Waals surface area contributed by atoms with Gasteiger partial charge in [-0.05, 0) is 55.0 Å². The predicted octanol–water partition coefficient (Wildman–Crippen LogP) is 8.81. The van der Waals surface area contributed by atoms with Crippen molar-refractivity contribution in [2.45, 2.75) is 111 Å². The van der Waals surface area contributed by atoms with Crippen molar-refractivity contribution in [3.8, 4) is 17.1 Å². The number of hydrogen-bond donors (Lipinski definition) is 0. The molecule has 0 bridgehead atoms. The standard InChI is InChI=1S/C29H46N2O/c1-4-5-6-7-11-14-17-26-23-30-29(31-24-26)27-18-20-28(21-19-27)32-22-15-12-9-8-10-13-16-25(2)3/h18-21,23-25H,4-17,22H2,1-3H3. The normalized spacial score (nSPS) is 11.2. The molecule has 0 amide bonds. The third-order valence-corrected chi connectivity index (χ3v) is 6.08. The molecule has 0 radical (unpaired) electrons. The monoisotopic (exact) mass is 438 g/mol. The van der Waals surface area contributed by atoms with Gasteiger partial charge in [-0.3, -0.25) is 0 Å². The first-order valence-corrected chi connectivity index (χ1v) is 13.2. The molecule has 0 aliphatic carbocycles. The number of aromatic nitrogens is 2. The Balaban J connectivity index is 1.60. The van der Waals surface area contributed by atoms with Crippen molar-refractivity contribution >= 4 is 0 Å². The molecule has 1 aromatic carbocycles. The molecule has 0 N–H and O–H groups in total. The maximum absolute atomic E-state index is 5.91. The Morgan fingerprint density at radius 2 is 1.31 bits per heavy atom. The fourth-order valence-corrected chi connectivity index (χ4v) is 3.99. The lowest BCUT2D eigenvalue weighted by molar-refractivity contribution is 0.304. The Bertz CT molecular complexity index is 694. The molecule has 1 aromatic heterocycles. The van der Waals surface area contributed by atoms with E-state index in [1.54, 1.807) is 0 Å². The number of rotatable bonds is 18. The maximum Gasteiger partial charge on any atom is 0.159 e. The molecule has 32 heavy (non-hydrogen) atoms. The number of benzene rings is 1. The zero-order valence-corrected chi connectivity index (χ0v) is 21.0. The molecule has 2 rings (SSSR count). The van der Waals surface area contributed by atoms with Crippen molar-refractivity contribution in [1.29, 1.82) is 0 Å². The van der Waals surface area contributed by atoms with E-state index in [2.05, 4.69) is 42.9 Å². The molecule has 0 spiro atoms. The second-order valence-electron chi connectivity index (χ2n) is 9.61. The second kappa shape index (κ2) is 16.7. The summed E-state index contributed by atoms with van der Waals surface area (Å²) >= 11 is 0. The van der Waals surface area contributed by atoms with Gasteiger partial charge in [-0.1, -0.05) is 91.4 Å². The molecule has 2 aromatic rings. The van der Waals surface area contributed by atoms with Gasteiger partial charge in [0, 0.05) is 18.0 Å². The van der Waals surface area contributed by atoms with Gasteiger partial charge in [0.2, 0.25) is 0 Å². The number of hydrogen-bond acceptors (Lipinski definition) is 3. The summed E-state index contributed by atoms with van der Waals surface area (Å²) < 4.78 is 5.91. The first kappa shape index (κ1) is 26.4. The van der Waals surface area contributed by atoms with E-state index in [1.165, 1.54) is 82.6 Å². The highest BCUT2D eigenvalue weighted by atomic mass is 16.5. The molecule has 0 saturated heterocycles. The topological polar surface area (TPSA) is 35.0 Å². The molecule has 0 aliphatic rings. The van der Waals surface area contributed by atoms with E-state index in [1.807, 2.05) is 24.5 Å². The molecule has 3 nitrogen and oxygen atoms in total. The van der Waals surface area contributed by atoms with E-state index in [-0.39, 0.29) is 0 Å². The fraction of sp³-hybridized carbons (Fsp3) is 0.655. The molecule has 3 heteroatoms. The van der Waals surface area contributed by atoms with Gasteiger partial charge in [-0.15, -0.1) is 0 Å². The van der Waals surface area contributed by atoms with Gasteiger partial charge < -0.3 is 4.74 Å². The molecular formula is C29H46N2O. The average Bonchev–Trinajstić information content (AvgIpc) is 2.81. The van der Waals surface area contributed by atoms with Gasteiger partial charge in [-0.2, -0.15) is 0 Å². The van der Waals surface area contributed by atoms with Crippen LogP contribution in [0.5, 0.6) is 5.75 Å². The van der Waals surface area contributed by atoms with Crippen LogP contribution in [0.15, 0.2) is 36.7 Å². The van der Waals surface area contributed by atoms with E-state index >= 15 is 0 Å². The summed E-state index contributed by atoms with van der Waals surface area (Å²) in [6, 6.07) is 8.20. The third kappa shape index (κ3) is 11.6. The van der Waals surface area contributed by atoms with E-state index < -0.39 is 0 Å². The van der Waals surface area contributed by atoms with Gasteiger partial charge in [0.15, 0.2) is 5.82 Å². The quantitative estimate of drug-likeness (QED) is 0.218. The first-order valence-electron chi connectivity index (χ1n) is 13.2. The Morgan fingerprint density at radius 3 is 1.97 bits per heavy atom. The summed E-state index contributed by atoms with van der Waals surface area (Å²) in [5.74, 6) is 2.57. The summed E-state index contributed by atoms with van der Waals surface area (Å²) in [7, 11) is 0. The Morgan fingerprint density at radius 1 is 0.719 bits per heavy atom. The lowest BCUT2D eigenvalue weighted by Gasteiger charge is -2.08. The smallest absolute Gasteiger partial charge is 0.159 e. The lowest BCUT2D eigenvalue weighted by atomic mass is 10.0. The maximum atomic E-state index is 5.91. The van der Waals surface area contributed by atoms with Crippen LogP contribution in [0.25, 0.3) is 11.4 Å². The van der Waals surface area contributed by atoms with Crippen molar-refractivity contribution in [3.05, 3.63) is 42.2 Å². The number of nitrogens with zero attached hydrogens (tertiary/aromatic N) is 2. The number of unbranched alkanes of at least 4 members (excludes halogenated alkanes) is 10. The highest BCUT2D eigenvalue weighted by Gasteiger charge is 2.03. The molecule has 0 fully saturated rings. The second-order valence-corrected chi connectivity index (χ2v) is 9.61. The summed E-state index contributed by atoms with van der Waals surface area (Å²) in [5.41, 5.74) is 2.29. The molecule has 0 saturated carbocycles. The summed E-state index contributed by atoms with van der Waals surface area (Å²) in [6.07, 6.45) is 22.2. The molecule has 0 aliphatic heterocycles. The zero-order chi connectivity index (χ0) is 22.9. The van der Waals surface area contributed by atoms with Crippen molar-refractivity contribution in [3.63, 3.8) is 0 Å². The molecule has 178 valence electrons. The highest BCUT2D eigenvalue weighted by molar-refractivity contribution is 5.55. The number of ether oxygens (including phenoxy) is 1. The largest absolute Gasteiger partial charge is 0.494 e. The van der Waals surface area contributed by atoms with Crippen LogP contribution < -0.4 is 4.74 Å². The van der Waals surface area contributed by atoms with Crippen LogP contribution >= 0.6 is 0 Å². The predicted molar refractivity (Wildman–Crippen MR) is 137 cm³/mol. The van der Waals surface area contributed by atoms with Crippen molar-refractivity contribution in [2.75, 3.05) is 6.61 Å². The summed E-state index contributed by atoms with van der Waals surface area (Å²) in [4.78, 5) is 9.16. The van der Waals surface area contributed by atoms with Crippen LogP contribution in [0, 0.1) is 5.92 Å². The van der Waals surface area contributed by atoms with Crippen LogP contribution in [0.4, 0.5) is 0 Å². The number of aryl methyl sites for hydroxylation is 1. The first-order chi connectivity index (χ1) is 15.7. The molecule has 1 heterocycles.